The number of aryl methyl sites for hydroxylation is 1. The molecule has 3 aromatic rings. The van der Waals surface area contributed by atoms with Gasteiger partial charge in [-0.05, 0) is 36.3 Å². The zero-order chi connectivity index (χ0) is 30.7. The molecule has 0 saturated heterocycles. The van der Waals surface area contributed by atoms with E-state index in [2.05, 4.69) is 27.2 Å². The van der Waals surface area contributed by atoms with E-state index in [9.17, 15) is 35.9 Å². The Kier molecular flexibility index (Phi) is 11.4. The quantitative estimate of drug-likeness (QED) is 0.215. The van der Waals surface area contributed by atoms with Crippen molar-refractivity contribution in [3.63, 3.8) is 0 Å². The number of nitrogens with one attached hydrogen (secondary N) is 1. The Morgan fingerprint density at radius 3 is 2.71 bits per heavy atom. The normalized spacial score (nSPS) is 13.2. The Balaban J connectivity index is 1.44. The number of nitrogens with zero attached hydrogens (tertiary/aromatic N) is 5. The average molecular weight is 597 g/mol. The van der Waals surface area contributed by atoms with Crippen molar-refractivity contribution in [1.82, 2.24) is 29.9 Å². The van der Waals surface area contributed by atoms with Crippen LogP contribution >= 0.6 is 0 Å². The number of ether oxygens (including phenoxy) is 1. The molecule has 42 heavy (non-hydrogen) atoms. The molecule has 0 saturated carbocycles. The number of rotatable bonds is 14. The van der Waals surface area contributed by atoms with Crippen LogP contribution in [-0.4, -0.2) is 43.2 Å². The van der Waals surface area contributed by atoms with Gasteiger partial charge in [0, 0.05) is 31.1 Å². The Bertz CT molecular complexity index is 1500. The van der Waals surface area contributed by atoms with Gasteiger partial charge in [-0.25, -0.2) is 17.9 Å². The molecule has 0 fully saturated rings. The van der Waals surface area contributed by atoms with Crippen LogP contribution in [0.15, 0.2) is 84.1 Å². The lowest BCUT2D eigenvalue weighted by Crippen LogP contribution is -2.24. The summed E-state index contributed by atoms with van der Waals surface area (Å²) in [5, 5.41) is 9.72. The van der Waals surface area contributed by atoms with Crippen molar-refractivity contribution in [3.05, 3.63) is 112 Å². The number of pyridine rings is 2. The second-order valence-corrected chi connectivity index (χ2v) is 8.87. The van der Waals surface area contributed by atoms with Crippen molar-refractivity contribution >= 4 is 5.91 Å². The van der Waals surface area contributed by atoms with Crippen molar-refractivity contribution in [2.45, 2.75) is 45.0 Å². The minimum Gasteiger partial charge on any atom is -0.370 e. The van der Waals surface area contributed by atoms with Crippen LogP contribution in [-0.2, 0) is 37.2 Å². The fourth-order valence-corrected chi connectivity index (χ4v) is 3.52. The maximum Gasteiger partial charge on any atom is 0.416 e. The third-order valence-electron chi connectivity index (χ3n) is 5.55. The first-order valence-corrected chi connectivity index (χ1v) is 12.4. The van der Waals surface area contributed by atoms with Gasteiger partial charge < -0.3 is 14.6 Å². The number of carbonyl (C=O) groups is 1. The number of halogens is 6. The van der Waals surface area contributed by atoms with E-state index >= 15 is 0 Å². The molecule has 0 radical (unpaired) electrons. The molecule has 9 nitrogen and oxygen atoms in total. The molecule has 0 aliphatic carbocycles. The maximum atomic E-state index is 14.6. The monoisotopic (exact) mass is 596 g/mol. The largest absolute Gasteiger partial charge is 0.416 e. The lowest BCUT2D eigenvalue weighted by atomic mass is 10.2. The Hall–Kier alpha value is -4.53. The van der Waals surface area contributed by atoms with Gasteiger partial charge in [0.15, 0.2) is 5.69 Å². The summed E-state index contributed by atoms with van der Waals surface area (Å²) in [6.07, 6.45) is 0.330. The Morgan fingerprint density at radius 1 is 1.21 bits per heavy atom. The lowest BCUT2D eigenvalue weighted by molar-refractivity contribution is -0.137. The summed E-state index contributed by atoms with van der Waals surface area (Å²) in [4.78, 5) is 28.4. The van der Waals surface area contributed by atoms with E-state index in [4.69, 9.17) is 4.74 Å². The van der Waals surface area contributed by atoms with Gasteiger partial charge in [-0.1, -0.05) is 17.9 Å². The molecule has 3 rings (SSSR count). The van der Waals surface area contributed by atoms with Crippen molar-refractivity contribution in [1.29, 1.82) is 0 Å². The highest BCUT2D eigenvalue weighted by Gasteiger charge is 2.30. The van der Waals surface area contributed by atoms with Crippen molar-refractivity contribution < 1.29 is 35.9 Å². The number of carbonyl (C=O) groups excluding carboxylic acids is 1. The summed E-state index contributed by atoms with van der Waals surface area (Å²) in [7, 11) is 0. The van der Waals surface area contributed by atoms with E-state index < -0.39 is 47.6 Å². The molecule has 1 N–H and O–H groups in total. The van der Waals surface area contributed by atoms with Gasteiger partial charge in [0.2, 0.25) is 0 Å². The highest BCUT2D eigenvalue weighted by Crippen LogP contribution is 2.29. The first-order valence-electron chi connectivity index (χ1n) is 12.4. The van der Waals surface area contributed by atoms with Gasteiger partial charge in [0.1, 0.15) is 17.8 Å². The summed E-state index contributed by atoms with van der Waals surface area (Å²) in [6, 6.07) is 4.42. The van der Waals surface area contributed by atoms with Crippen LogP contribution < -0.4 is 10.9 Å². The lowest BCUT2D eigenvalue weighted by Gasteiger charge is -2.10. The predicted octanol–water partition coefficient (Wildman–Crippen LogP) is 4.62. The molecule has 15 heteroatoms. The molecule has 224 valence electrons. The van der Waals surface area contributed by atoms with Gasteiger partial charge >= 0.3 is 6.18 Å². The molecule has 3 heterocycles. The van der Waals surface area contributed by atoms with Gasteiger partial charge in [-0.15, -0.1) is 5.10 Å². The average Bonchev–Trinajstić information content (AvgIpc) is 3.39. The second-order valence-electron chi connectivity index (χ2n) is 8.87. The van der Waals surface area contributed by atoms with E-state index in [-0.39, 0.29) is 44.0 Å². The van der Waals surface area contributed by atoms with E-state index in [0.717, 1.165) is 29.1 Å². The minimum absolute atomic E-state index is 0.0134. The molecular weight excluding hydrogens is 570 g/mol. The van der Waals surface area contributed by atoms with Crippen molar-refractivity contribution in [2.24, 2.45) is 0 Å². The third-order valence-corrected chi connectivity index (χ3v) is 5.55. The first-order chi connectivity index (χ1) is 19.9. The zero-order valence-corrected chi connectivity index (χ0v) is 22.0. The van der Waals surface area contributed by atoms with Crippen LogP contribution in [0.2, 0.25) is 0 Å². The number of alkyl halides is 4. The molecule has 0 spiro atoms. The van der Waals surface area contributed by atoms with Gasteiger partial charge in [-0.2, -0.15) is 13.2 Å². The number of hydrogen-bond acceptors (Lipinski definition) is 6. The number of amides is 1. The Morgan fingerprint density at radius 2 is 2.00 bits per heavy atom. The van der Waals surface area contributed by atoms with Gasteiger partial charge in [0.05, 0.1) is 43.8 Å². The Labute approximate surface area is 235 Å². The summed E-state index contributed by atoms with van der Waals surface area (Å²) in [5.74, 6) is -2.40. The van der Waals surface area contributed by atoms with Crippen LogP contribution in [0.3, 0.4) is 0 Å². The van der Waals surface area contributed by atoms with Crippen LogP contribution in [0.1, 0.15) is 33.7 Å². The first kappa shape index (κ1) is 32.0. The van der Waals surface area contributed by atoms with Gasteiger partial charge in [-0.3, -0.25) is 14.6 Å². The predicted molar refractivity (Wildman–Crippen MR) is 139 cm³/mol. The molecule has 0 aromatic carbocycles. The topological polar surface area (TPSA) is 104 Å². The van der Waals surface area contributed by atoms with E-state index in [1.807, 2.05) is 0 Å². The van der Waals surface area contributed by atoms with Crippen molar-refractivity contribution in [3.8, 4) is 0 Å². The van der Waals surface area contributed by atoms with Crippen LogP contribution in [0.25, 0.3) is 0 Å². The molecule has 0 aliphatic heterocycles. The van der Waals surface area contributed by atoms with E-state index in [1.165, 1.54) is 29.1 Å². The highest BCUT2D eigenvalue weighted by atomic mass is 19.4. The van der Waals surface area contributed by atoms with E-state index in [0.29, 0.717) is 11.6 Å². The zero-order valence-electron chi connectivity index (χ0n) is 22.0. The fourth-order valence-electron chi connectivity index (χ4n) is 3.52. The van der Waals surface area contributed by atoms with Crippen LogP contribution in [0, 0.1) is 0 Å². The highest BCUT2D eigenvalue weighted by molar-refractivity contribution is 5.91. The summed E-state index contributed by atoms with van der Waals surface area (Å²) in [5.41, 5.74) is -1.08. The molecule has 1 atom stereocenters. The SMILES string of the molecule is C=C/C=C(F)\C=C(\F)COCc1ccn(CCC(F)Cn2cc(C(=O)NCc3cc(C(F)(F)F)ccn3)nn2)c(=O)c1. The summed E-state index contributed by atoms with van der Waals surface area (Å²) < 4.78 is 87.3. The minimum atomic E-state index is -4.55. The summed E-state index contributed by atoms with van der Waals surface area (Å²) in [6.45, 7) is 2.17. The maximum absolute atomic E-state index is 14.6. The fraction of sp³-hybridized carbons (Fsp3) is 0.296. The molecule has 1 amide bonds. The van der Waals surface area contributed by atoms with Crippen molar-refractivity contribution in [2.75, 3.05) is 6.61 Å². The molecule has 0 bridgehead atoms. The third kappa shape index (κ3) is 10.1. The molecule has 1 unspecified atom stereocenters. The molecule has 0 aliphatic rings. The number of aromatic nitrogens is 5. The smallest absolute Gasteiger partial charge is 0.370 e. The number of hydrogen-bond donors (Lipinski definition) is 1. The number of allylic oxidation sites excluding steroid dienone is 4. The molecular formula is C27H26F6N6O3. The van der Waals surface area contributed by atoms with Gasteiger partial charge in [0.25, 0.3) is 11.5 Å². The standard InChI is InChI=1S/C27H26F6N6O3/c1-2-3-20(28)12-22(30)17-42-16-18-5-8-38(25(40)10-18)9-6-21(29)14-39-15-24(36-37-39)26(41)35-13-23-11-19(4-7-34-23)27(31,32)33/h2-5,7-8,10-12,15,21H,1,6,9,13-14,16-17H2,(H,35,41)/b20-3+,22-12+. The summed E-state index contributed by atoms with van der Waals surface area (Å²) >= 11 is 0. The molecule has 3 aromatic heterocycles. The van der Waals surface area contributed by atoms with E-state index in [1.54, 1.807) is 6.07 Å². The second kappa shape index (κ2) is 14.9. The van der Waals surface area contributed by atoms with Crippen LogP contribution in [0.4, 0.5) is 26.3 Å². The van der Waals surface area contributed by atoms with Crippen LogP contribution in [0.5, 0.6) is 0 Å².